The molecular formula is C9H20N2OS. The fourth-order valence-electron chi connectivity index (χ4n) is 0.862. The van der Waals surface area contributed by atoms with Gasteiger partial charge in [0, 0.05) is 13.1 Å². The molecule has 0 aliphatic carbocycles. The lowest BCUT2D eigenvalue weighted by atomic mass is 10.2. The molecule has 13 heavy (non-hydrogen) atoms. The maximum atomic E-state index is 10.9. The van der Waals surface area contributed by atoms with Crippen molar-refractivity contribution >= 4 is 17.7 Å². The molecule has 1 amide bonds. The maximum Gasteiger partial charge on any atom is 0.233 e. The van der Waals surface area contributed by atoms with Gasteiger partial charge in [-0.15, -0.1) is 0 Å². The minimum Gasteiger partial charge on any atom is -0.358 e. The largest absolute Gasteiger partial charge is 0.358 e. The second-order valence-corrected chi connectivity index (χ2v) is 4.33. The van der Waals surface area contributed by atoms with Gasteiger partial charge in [0.15, 0.2) is 0 Å². The molecular weight excluding hydrogens is 184 g/mol. The average Bonchev–Trinajstić information content (AvgIpc) is 2.14. The molecule has 0 saturated carbocycles. The SMILES string of the molecule is CCSCCC(C)NCC(=O)NC. The molecule has 0 aliphatic rings. The van der Waals surface area contributed by atoms with Crippen LogP contribution in [0.5, 0.6) is 0 Å². The fraction of sp³-hybridized carbons (Fsp3) is 0.889. The van der Waals surface area contributed by atoms with Crippen LogP contribution in [0.1, 0.15) is 20.3 Å². The van der Waals surface area contributed by atoms with Crippen LogP contribution >= 0.6 is 11.8 Å². The lowest BCUT2D eigenvalue weighted by Crippen LogP contribution is -2.36. The third kappa shape index (κ3) is 8.12. The highest BCUT2D eigenvalue weighted by molar-refractivity contribution is 7.99. The second kappa shape index (κ2) is 8.38. The van der Waals surface area contributed by atoms with Gasteiger partial charge >= 0.3 is 0 Å². The highest BCUT2D eigenvalue weighted by Crippen LogP contribution is 2.03. The van der Waals surface area contributed by atoms with Crippen LogP contribution in [0.25, 0.3) is 0 Å². The molecule has 0 aromatic heterocycles. The van der Waals surface area contributed by atoms with Gasteiger partial charge in [0.25, 0.3) is 0 Å². The summed E-state index contributed by atoms with van der Waals surface area (Å²) in [6, 6.07) is 0.427. The Bertz CT molecular complexity index is 142. The Morgan fingerprint density at radius 1 is 1.54 bits per heavy atom. The van der Waals surface area contributed by atoms with Crippen LogP contribution in [-0.2, 0) is 4.79 Å². The van der Waals surface area contributed by atoms with Crippen LogP contribution in [-0.4, -0.2) is 37.0 Å². The molecule has 1 atom stereocenters. The van der Waals surface area contributed by atoms with Crippen LogP contribution in [0.15, 0.2) is 0 Å². The van der Waals surface area contributed by atoms with Crippen molar-refractivity contribution in [2.75, 3.05) is 25.1 Å². The third-order valence-corrected chi connectivity index (χ3v) is 2.72. The van der Waals surface area contributed by atoms with Gasteiger partial charge in [-0.25, -0.2) is 0 Å². The minimum absolute atomic E-state index is 0.0509. The number of rotatable bonds is 7. The first-order valence-corrected chi connectivity index (χ1v) is 5.87. The first-order chi connectivity index (χ1) is 6.20. The number of carbonyl (C=O) groups is 1. The molecule has 0 saturated heterocycles. The van der Waals surface area contributed by atoms with Gasteiger partial charge in [0.1, 0.15) is 0 Å². The van der Waals surface area contributed by atoms with Crippen LogP contribution in [0.4, 0.5) is 0 Å². The zero-order valence-corrected chi connectivity index (χ0v) is 9.54. The Balaban J connectivity index is 3.29. The van der Waals surface area contributed by atoms with E-state index in [0.717, 1.165) is 6.42 Å². The molecule has 0 aliphatic heterocycles. The van der Waals surface area contributed by atoms with Crippen molar-refractivity contribution in [2.45, 2.75) is 26.3 Å². The minimum atomic E-state index is 0.0509. The standard InChI is InChI=1S/C9H20N2OS/c1-4-13-6-5-8(2)11-7-9(12)10-3/h8,11H,4-7H2,1-3H3,(H,10,12). The van der Waals surface area contributed by atoms with Crippen molar-refractivity contribution in [3.8, 4) is 0 Å². The van der Waals surface area contributed by atoms with Crippen LogP contribution in [0.3, 0.4) is 0 Å². The van der Waals surface area contributed by atoms with E-state index in [0.29, 0.717) is 12.6 Å². The monoisotopic (exact) mass is 204 g/mol. The van der Waals surface area contributed by atoms with E-state index in [1.54, 1.807) is 7.05 Å². The summed E-state index contributed by atoms with van der Waals surface area (Å²) in [5.41, 5.74) is 0. The van der Waals surface area contributed by atoms with E-state index in [4.69, 9.17) is 0 Å². The van der Waals surface area contributed by atoms with E-state index >= 15 is 0 Å². The van der Waals surface area contributed by atoms with Gasteiger partial charge in [-0.05, 0) is 24.9 Å². The number of carbonyl (C=O) groups excluding carboxylic acids is 1. The molecule has 2 N–H and O–H groups in total. The van der Waals surface area contributed by atoms with Crippen molar-refractivity contribution in [1.29, 1.82) is 0 Å². The molecule has 0 fully saturated rings. The van der Waals surface area contributed by atoms with Crippen molar-refractivity contribution < 1.29 is 4.79 Å². The number of hydrogen-bond acceptors (Lipinski definition) is 3. The normalized spacial score (nSPS) is 12.5. The lowest BCUT2D eigenvalue weighted by Gasteiger charge is -2.12. The van der Waals surface area contributed by atoms with Gasteiger partial charge < -0.3 is 10.6 Å². The van der Waals surface area contributed by atoms with Crippen LogP contribution in [0.2, 0.25) is 0 Å². The van der Waals surface area contributed by atoms with Gasteiger partial charge in [-0.3, -0.25) is 4.79 Å². The first kappa shape index (κ1) is 12.8. The van der Waals surface area contributed by atoms with Crippen molar-refractivity contribution in [3.63, 3.8) is 0 Å². The van der Waals surface area contributed by atoms with E-state index in [1.807, 2.05) is 11.8 Å². The smallest absolute Gasteiger partial charge is 0.233 e. The molecule has 1 unspecified atom stereocenters. The quantitative estimate of drug-likeness (QED) is 0.604. The van der Waals surface area contributed by atoms with E-state index in [1.165, 1.54) is 11.5 Å². The van der Waals surface area contributed by atoms with Gasteiger partial charge in [-0.2, -0.15) is 11.8 Å². The molecule has 0 radical (unpaired) electrons. The summed E-state index contributed by atoms with van der Waals surface area (Å²) < 4.78 is 0. The lowest BCUT2D eigenvalue weighted by molar-refractivity contribution is -0.119. The maximum absolute atomic E-state index is 10.9. The Morgan fingerprint density at radius 3 is 2.77 bits per heavy atom. The molecule has 3 nitrogen and oxygen atoms in total. The summed E-state index contributed by atoms with van der Waals surface area (Å²) in [4.78, 5) is 10.9. The summed E-state index contributed by atoms with van der Waals surface area (Å²) in [6.45, 7) is 4.70. The van der Waals surface area contributed by atoms with E-state index in [2.05, 4.69) is 24.5 Å². The molecule has 0 bridgehead atoms. The number of hydrogen-bond donors (Lipinski definition) is 2. The average molecular weight is 204 g/mol. The van der Waals surface area contributed by atoms with Gasteiger partial charge in [0.2, 0.25) is 5.91 Å². The number of thioether (sulfide) groups is 1. The van der Waals surface area contributed by atoms with Crippen LogP contribution in [0, 0.1) is 0 Å². The Hall–Kier alpha value is -0.220. The zero-order valence-electron chi connectivity index (χ0n) is 8.72. The summed E-state index contributed by atoms with van der Waals surface area (Å²) in [7, 11) is 1.65. The van der Waals surface area contributed by atoms with Crippen molar-refractivity contribution in [1.82, 2.24) is 10.6 Å². The van der Waals surface area contributed by atoms with Gasteiger partial charge in [0.05, 0.1) is 6.54 Å². The highest BCUT2D eigenvalue weighted by atomic mass is 32.2. The van der Waals surface area contributed by atoms with Crippen molar-refractivity contribution in [3.05, 3.63) is 0 Å². The molecule has 0 spiro atoms. The third-order valence-electron chi connectivity index (χ3n) is 1.79. The summed E-state index contributed by atoms with van der Waals surface area (Å²) in [5.74, 6) is 2.38. The number of amides is 1. The first-order valence-electron chi connectivity index (χ1n) is 4.72. The fourth-order valence-corrected chi connectivity index (χ4v) is 1.67. The molecule has 0 aromatic rings. The van der Waals surface area contributed by atoms with E-state index < -0.39 is 0 Å². The van der Waals surface area contributed by atoms with E-state index in [-0.39, 0.29) is 5.91 Å². The predicted octanol–water partition coefficient (Wildman–Crippen LogP) is 0.854. The van der Waals surface area contributed by atoms with Crippen LogP contribution < -0.4 is 10.6 Å². The summed E-state index contributed by atoms with van der Waals surface area (Å²) >= 11 is 1.94. The molecule has 0 aromatic carbocycles. The Kier molecular flexibility index (Phi) is 8.24. The summed E-state index contributed by atoms with van der Waals surface area (Å²) in [5, 5.41) is 5.75. The van der Waals surface area contributed by atoms with E-state index in [9.17, 15) is 4.79 Å². The topological polar surface area (TPSA) is 41.1 Å². The number of likely N-dealkylation sites (N-methyl/N-ethyl adjacent to an activating group) is 1. The Morgan fingerprint density at radius 2 is 2.23 bits per heavy atom. The summed E-state index contributed by atoms with van der Waals surface area (Å²) in [6.07, 6.45) is 1.12. The molecule has 0 heterocycles. The van der Waals surface area contributed by atoms with Gasteiger partial charge in [-0.1, -0.05) is 6.92 Å². The predicted molar refractivity (Wildman–Crippen MR) is 59.1 cm³/mol. The van der Waals surface area contributed by atoms with Crippen molar-refractivity contribution in [2.24, 2.45) is 0 Å². The highest BCUT2D eigenvalue weighted by Gasteiger charge is 2.03. The second-order valence-electron chi connectivity index (χ2n) is 2.94. The molecule has 4 heteroatoms. The molecule has 78 valence electrons. The molecule has 0 rings (SSSR count). The Labute approximate surface area is 85.0 Å². The number of nitrogens with one attached hydrogen (secondary N) is 2. The zero-order chi connectivity index (χ0) is 10.1.